The Morgan fingerprint density at radius 3 is 2.60 bits per heavy atom. The zero-order valence-electron chi connectivity index (χ0n) is 11.8. The zero-order chi connectivity index (χ0) is 13.3. The van der Waals surface area contributed by atoms with Gasteiger partial charge in [-0.25, -0.2) is 0 Å². The van der Waals surface area contributed by atoms with E-state index in [4.69, 9.17) is 0 Å². The van der Waals surface area contributed by atoms with Gasteiger partial charge in [0.2, 0.25) is 5.91 Å². The molecule has 0 spiro atoms. The third-order valence-electron chi connectivity index (χ3n) is 3.44. The van der Waals surface area contributed by atoms with Crippen LogP contribution < -0.4 is 10.6 Å². The molecule has 0 aromatic heterocycles. The maximum Gasteiger partial charge on any atom is 0.220 e. The monoisotopic (exact) mass is 297 g/mol. The van der Waals surface area contributed by atoms with Gasteiger partial charge in [-0.05, 0) is 12.0 Å². The van der Waals surface area contributed by atoms with Gasteiger partial charge < -0.3 is 10.6 Å². The molecule has 5 heteroatoms. The summed E-state index contributed by atoms with van der Waals surface area (Å²) in [7, 11) is 0. The first kappa shape index (κ1) is 17.0. The predicted octanol–water partition coefficient (Wildman–Crippen LogP) is 1.06. The molecule has 1 amide bonds. The minimum absolute atomic E-state index is 0. The van der Waals surface area contributed by atoms with Crippen LogP contribution in [0.15, 0.2) is 30.3 Å². The fourth-order valence-electron chi connectivity index (χ4n) is 2.28. The molecule has 112 valence electrons. The Morgan fingerprint density at radius 2 is 1.90 bits per heavy atom. The van der Waals surface area contributed by atoms with Crippen LogP contribution in [-0.4, -0.2) is 50.1 Å². The standard InChI is InChI=1S/C15H23N3O.ClH/c19-15(7-6-14-4-2-1-3-5-14)17-10-13-18-11-8-16-9-12-18;/h1-5,16H,6-13H2,(H,17,19);1H. The molecule has 1 fully saturated rings. The van der Waals surface area contributed by atoms with Gasteiger partial charge in [-0.2, -0.15) is 0 Å². The smallest absolute Gasteiger partial charge is 0.220 e. The van der Waals surface area contributed by atoms with Gasteiger partial charge in [-0.3, -0.25) is 9.69 Å². The lowest BCUT2D eigenvalue weighted by atomic mass is 10.1. The highest BCUT2D eigenvalue weighted by Gasteiger charge is 2.09. The van der Waals surface area contributed by atoms with Crippen LogP contribution in [-0.2, 0) is 11.2 Å². The van der Waals surface area contributed by atoms with E-state index in [1.54, 1.807) is 0 Å². The number of hydrogen-bond acceptors (Lipinski definition) is 3. The number of nitrogens with one attached hydrogen (secondary N) is 2. The van der Waals surface area contributed by atoms with Crippen molar-refractivity contribution in [3.63, 3.8) is 0 Å². The number of benzene rings is 1. The molecule has 1 aromatic carbocycles. The molecule has 1 aromatic rings. The van der Waals surface area contributed by atoms with E-state index in [1.807, 2.05) is 18.2 Å². The summed E-state index contributed by atoms with van der Waals surface area (Å²) in [5.74, 6) is 0.152. The summed E-state index contributed by atoms with van der Waals surface area (Å²) in [5, 5.41) is 6.32. The van der Waals surface area contributed by atoms with E-state index in [9.17, 15) is 4.79 Å². The number of carbonyl (C=O) groups is 1. The van der Waals surface area contributed by atoms with Crippen LogP contribution in [0.2, 0.25) is 0 Å². The Morgan fingerprint density at radius 1 is 1.20 bits per heavy atom. The molecule has 1 saturated heterocycles. The number of nitrogens with zero attached hydrogens (tertiary/aromatic N) is 1. The molecule has 4 nitrogen and oxygen atoms in total. The molecule has 2 rings (SSSR count). The highest BCUT2D eigenvalue weighted by Crippen LogP contribution is 2.01. The van der Waals surface area contributed by atoms with E-state index in [-0.39, 0.29) is 18.3 Å². The van der Waals surface area contributed by atoms with Crippen molar-refractivity contribution in [3.05, 3.63) is 35.9 Å². The second-order valence-corrected chi connectivity index (χ2v) is 4.93. The average molecular weight is 298 g/mol. The lowest BCUT2D eigenvalue weighted by Crippen LogP contribution is -2.46. The minimum atomic E-state index is 0. The quantitative estimate of drug-likeness (QED) is 0.825. The van der Waals surface area contributed by atoms with Gasteiger partial charge in [0, 0.05) is 45.7 Å². The topological polar surface area (TPSA) is 44.4 Å². The van der Waals surface area contributed by atoms with Crippen molar-refractivity contribution in [2.45, 2.75) is 12.8 Å². The van der Waals surface area contributed by atoms with Gasteiger partial charge in [-0.1, -0.05) is 30.3 Å². The number of hydrogen-bond donors (Lipinski definition) is 2. The van der Waals surface area contributed by atoms with Crippen molar-refractivity contribution >= 4 is 18.3 Å². The maximum atomic E-state index is 11.7. The molecule has 1 aliphatic rings. The summed E-state index contributed by atoms with van der Waals surface area (Å²) in [4.78, 5) is 14.1. The Labute approximate surface area is 127 Å². The molecule has 0 radical (unpaired) electrons. The minimum Gasteiger partial charge on any atom is -0.355 e. The molecule has 0 bridgehead atoms. The highest BCUT2D eigenvalue weighted by molar-refractivity contribution is 5.85. The first-order valence-corrected chi connectivity index (χ1v) is 7.08. The van der Waals surface area contributed by atoms with Crippen LogP contribution in [0, 0.1) is 0 Å². The summed E-state index contributed by atoms with van der Waals surface area (Å²) in [6, 6.07) is 10.1. The molecule has 0 aliphatic carbocycles. The van der Waals surface area contributed by atoms with E-state index < -0.39 is 0 Å². The maximum absolute atomic E-state index is 11.7. The molecular weight excluding hydrogens is 274 g/mol. The first-order chi connectivity index (χ1) is 9.34. The molecule has 0 unspecified atom stereocenters. The lowest BCUT2D eigenvalue weighted by Gasteiger charge is -2.27. The second-order valence-electron chi connectivity index (χ2n) is 4.93. The number of piperazine rings is 1. The van der Waals surface area contributed by atoms with Crippen molar-refractivity contribution in [3.8, 4) is 0 Å². The molecule has 1 aliphatic heterocycles. The van der Waals surface area contributed by atoms with E-state index >= 15 is 0 Å². The van der Waals surface area contributed by atoms with Crippen molar-refractivity contribution in [2.24, 2.45) is 0 Å². The van der Waals surface area contributed by atoms with Crippen LogP contribution in [0.4, 0.5) is 0 Å². The highest BCUT2D eigenvalue weighted by atomic mass is 35.5. The van der Waals surface area contributed by atoms with E-state index in [0.717, 1.165) is 45.7 Å². The van der Waals surface area contributed by atoms with Crippen molar-refractivity contribution < 1.29 is 4.79 Å². The van der Waals surface area contributed by atoms with Gasteiger partial charge in [0.15, 0.2) is 0 Å². The van der Waals surface area contributed by atoms with E-state index in [2.05, 4.69) is 27.7 Å². The summed E-state index contributed by atoms with van der Waals surface area (Å²) in [6.07, 6.45) is 1.39. The molecule has 0 atom stereocenters. The number of rotatable bonds is 6. The normalized spacial score (nSPS) is 15.4. The molecule has 20 heavy (non-hydrogen) atoms. The first-order valence-electron chi connectivity index (χ1n) is 7.08. The van der Waals surface area contributed by atoms with Gasteiger partial charge in [0.25, 0.3) is 0 Å². The SMILES string of the molecule is Cl.O=C(CCc1ccccc1)NCCN1CCNCC1. The Balaban J connectivity index is 0.00000200. The number of carbonyl (C=O) groups excluding carboxylic acids is 1. The zero-order valence-corrected chi connectivity index (χ0v) is 12.6. The third-order valence-corrected chi connectivity index (χ3v) is 3.44. The van der Waals surface area contributed by atoms with E-state index in [1.165, 1.54) is 5.56 Å². The number of halogens is 1. The third kappa shape index (κ3) is 6.37. The number of aryl methyl sites for hydroxylation is 1. The number of amides is 1. The summed E-state index contributed by atoms with van der Waals surface area (Å²) < 4.78 is 0. The lowest BCUT2D eigenvalue weighted by molar-refractivity contribution is -0.121. The van der Waals surface area contributed by atoms with Gasteiger partial charge in [-0.15, -0.1) is 12.4 Å². The van der Waals surface area contributed by atoms with Crippen LogP contribution in [0.5, 0.6) is 0 Å². The van der Waals surface area contributed by atoms with Crippen LogP contribution >= 0.6 is 12.4 Å². The summed E-state index contributed by atoms with van der Waals surface area (Å²) in [6.45, 7) is 6.00. The van der Waals surface area contributed by atoms with Gasteiger partial charge in [0.1, 0.15) is 0 Å². The Kier molecular flexibility index (Phi) is 8.26. The fourth-order valence-corrected chi connectivity index (χ4v) is 2.28. The summed E-state index contributed by atoms with van der Waals surface area (Å²) in [5.41, 5.74) is 1.22. The van der Waals surface area contributed by atoms with Gasteiger partial charge >= 0.3 is 0 Å². The molecule has 0 saturated carbocycles. The van der Waals surface area contributed by atoms with Crippen LogP contribution in [0.25, 0.3) is 0 Å². The largest absolute Gasteiger partial charge is 0.355 e. The van der Waals surface area contributed by atoms with Crippen molar-refractivity contribution in [1.82, 2.24) is 15.5 Å². The van der Waals surface area contributed by atoms with E-state index in [0.29, 0.717) is 6.42 Å². The van der Waals surface area contributed by atoms with Gasteiger partial charge in [0.05, 0.1) is 0 Å². The van der Waals surface area contributed by atoms with Crippen LogP contribution in [0.1, 0.15) is 12.0 Å². The molecule has 1 heterocycles. The average Bonchev–Trinajstić information content (AvgIpc) is 2.47. The summed E-state index contributed by atoms with van der Waals surface area (Å²) >= 11 is 0. The molecular formula is C15H24ClN3O. The van der Waals surface area contributed by atoms with Crippen molar-refractivity contribution in [1.29, 1.82) is 0 Å². The Bertz CT molecular complexity index is 380. The Hall–Kier alpha value is -1.10. The fraction of sp³-hybridized carbons (Fsp3) is 0.533. The second kappa shape index (κ2) is 9.75. The molecule has 2 N–H and O–H groups in total. The van der Waals surface area contributed by atoms with Crippen LogP contribution in [0.3, 0.4) is 0 Å². The van der Waals surface area contributed by atoms with Crippen molar-refractivity contribution in [2.75, 3.05) is 39.3 Å². The predicted molar refractivity (Wildman–Crippen MR) is 84.3 cm³/mol.